The molecule has 3 aliphatic rings. The van der Waals surface area contributed by atoms with Crippen molar-refractivity contribution in [3.05, 3.63) is 133 Å². The monoisotopic (exact) mass is 450 g/mol. The molecule has 4 aromatic rings. The minimum Gasteiger partial charge on any atom is -0.453 e. The molecular weight excluding hydrogens is 427 g/mol. The van der Waals surface area contributed by atoms with Crippen LogP contribution < -0.4 is 25.5 Å². The maximum absolute atomic E-state index is 6.40. The average Bonchev–Trinajstić information content (AvgIpc) is 2.92. The number of hydrogen-bond acceptors (Lipinski definition) is 3. The predicted octanol–water partition coefficient (Wildman–Crippen LogP) is 6.59. The Kier molecular flexibility index (Phi) is 4.30. The van der Waals surface area contributed by atoms with E-state index < -0.39 is 0 Å². The molecule has 0 N–H and O–H groups in total. The van der Waals surface area contributed by atoms with Crippen molar-refractivity contribution in [2.45, 2.75) is 6.92 Å². The zero-order chi connectivity index (χ0) is 23.5. The van der Waals surface area contributed by atoms with Crippen LogP contribution in [0.4, 0.5) is 22.7 Å². The molecule has 0 aliphatic carbocycles. The molecule has 0 amide bonds. The summed E-state index contributed by atoms with van der Waals surface area (Å²) in [6, 6.07) is 34.0. The van der Waals surface area contributed by atoms with E-state index in [1.54, 1.807) is 0 Å². The Hall–Kier alpha value is -4.44. The van der Waals surface area contributed by atoms with Crippen LogP contribution in [-0.2, 0) is 0 Å². The van der Waals surface area contributed by atoms with Crippen LogP contribution in [-0.4, -0.2) is 6.71 Å². The Morgan fingerprint density at radius 3 is 2.20 bits per heavy atom. The fourth-order valence-corrected chi connectivity index (χ4v) is 5.86. The van der Waals surface area contributed by atoms with Gasteiger partial charge in [0.2, 0.25) is 0 Å². The van der Waals surface area contributed by atoms with Crippen molar-refractivity contribution in [2.75, 3.05) is 9.80 Å². The molecule has 4 heteroatoms. The van der Waals surface area contributed by atoms with Gasteiger partial charge in [0.1, 0.15) is 0 Å². The molecule has 0 saturated heterocycles. The normalized spacial score (nSPS) is 16.3. The molecule has 0 aromatic heterocycles. The number of rotatable bonds is 2. The summed E-state index contributed by atoms with van der Waals surface area (Å²) in [5.41, 5.74) is 10.5. The van der Waals surface area contributed by atoms with Crippen molar-refractivity contribution >= 4 is 40.4 Å². The Morgan fingerprint density at radius 2 is 1.40 bits per heavy atom. The van der Waals surface area contributed by atoms with Gasteiger partial charge in [-0.1, -0.05) is 73.3 Å². The third-order valence-electron chi connectivity index (χ3n) is 7.18. The quantitative estimate of drug-likeness (QED) is 0.321. The fourth-order valence-electron chi connectivity index (χ4n) is 5.86. The highest BCUT2D eigenvalue weighted by molar-refractivity contribution is 6.94. The van der Waals surface area contributed by atoms with Crippen molar-refractivity contribution in [3.63, 3.8) is 0 Å². The molecule has 0 spiro atoms. The van der Waals surface area contributed by atoms with Gasteiger partial charge in [-0.15, -0.1) is 0 Å². The molecule has 35 heavy (non-hydrogen) atoms. The van der Waals surface area contributed by atoms with Gasteiger partial charge < -0.3 is 14.5 Å². The highest BCUT2D eigenvalue weighted by Crippen LogP contribution is 2.52. The van der Waals surface area contributed by atoms with Crippen LogP contribution in [0, 0.1) is 0 Å². The standard InChI is InChI=1S/C31H23BN2O/c1-3-24-30-25(4-2)34-27-18-10-11-19-28(27)35-29-20-12-16-23(31(29)34)32(30)22-15-8-9-17-26(22)33(24)21-13-6-5-7-14-21/h3-20H,2H2,1H3/b24-3+. The summed E-state index contributed by atoms with van der Waals surface area (Å²) < 4.78 is 6.40. The summed E-state index contributed by atoms with van der Waals surface area (Å²) >= 11 is 0. The van der Waals surface area contributed by atoms with E-state index in [1.807, 2.05) is 18.2 Å². The Morgan fingerprint density at radius 1 is 0.714 bits per heavy atom. The lowest BCUT2D eigenvalue weighted by Gasteiger charge is -2.46. The number of benzene rings is 4. The number of nitrogens with zero attached hydrogens (tertiary/aromatic N) is 2. The highest BCUT2D eigenvalue weighted by atomic mass is 16.5. The summed E-state index contributed by atoms with van der Waals surface area (Å²) in [5, 5.41) is 0. The molecule has 166 valence electrons. The van der Waals surface area contributed by atoms with Crippen molar-refractivity contribution in [1.82, 2.24) is 0 Å². The van der Waals surface area contributed by atoms with Gasteiger partial charge in [-0.2, -0.15) is 0 Å². The fraction of sp³-hybridized carbons (Fsp3) is 0.0323. The number of anilines is 4. The number of hydrogen-bond donors (Lipinski definition) is 0. The maximum Gasteiger partial charge on any atom is 0.252 e. The van der Waals surface area contributed by atoms with Gasteiger partial charge in [0, 0.05) is 22.8 Å². The topological polar surface area (TPSA) is 15.7 Å². The molecule has 0 bridgehead atoms. The Balaban J connectivity index is 1.61. The van der Waals surface area contributed by atoms with E-state index in [1.165, 1.54) is 27.8 Å². The Labute approximate surface area is 206 Å². The van der Waals surface area contributed by atoms with E-state index in [-0.39, 0.29) is 6.71 Å². The molecule has 3 aliphatic heterocycles. The first-order chi connectivity index (χ1) is 17.3. The van der Waals surface area contributed by atoms with Crippen LogP contribution in [0.5, 0.6) is 11.5 Å². The van der Waals surface area contributed by atoms with E-state index in [0.717, 1.165) is 34.3 Å². The molecule has 7 rings (SSSR count). The van der Waals surface area contributed by atoms with E-state index in [9.17, 15) is 0 Å². The highest BCUT2D eigenvalue weighted by Gasteiger charge is 2.46. The van der Waals surface area contributed by atoms with Crippen LogP contribution in [0.2, 0.25) is 0 Å². The molecule has 3 heterocycles. The summed E-state index contributed by atoms with van der Waals surface area (Å²) in [5.74, 6) is 1.73. The summed E-state index contributed by atoms with van der Waals surface area (Å²) in [6.07, 6.45) is 4.24. The first-order valence-corrected chi connectivity index (χ1v) is 12.0. The lowest BCUT2D eigenvalue weighted by Crippen LogP contribution is -2.56. The molecule has 0 radical (unpaired) electrons. The van der Waals surface area contributed by atoms with Crippen molar-refractivity contribution in [1.29, 1.82) is 0 Å². The maximum atomic E-state index is 6.40. The van der Waals surface area contributed by atoms with Crippen molar-refractivity contribution in [2.24, 2.45) is 0 Å². The largest absolute Gasteiger partial charge is 0.453 e. The second-order valence-corrected chi connectivity index (χ2v) is 8.94. The SMILES string of the molecule is C=CC1=C2B(c3ccccc3N(c3ccccc3)/C2=C/C)c2cccc3c2N1c1ccccc1O3. The lowest BCUT2D eigenvalue weighted by atomic mass is 9.32. The minimum absolute atomic E-state index is 0.0745. The summed E-state index contributed by atoms with van der Waals surface area (Å²) in [6.45, 7) is 6.51. The molecule has 0 saturated carbocycles. The smallest absolute Gasteiger partial charge is 0.252 e. The van der Waals surface area contributed by atoms with E-state index in [2.05, 4.69) is 114 Å². The Bertz CT molecular complexity index is 1570. The van der Waals surface area contributed by atoms with Crippen LogP contribution >= 0.6 is 0 Å². The zero-order valence-electron chi connectivity index (χ0n) is 19.5. The van der Waals surface area contributed by atoms with Crippen molar-refractivity contribution < 1.29 is 4.74 Å². The van der Waals surface area contributed by atoms with Gasteiger partial charge in [-0.25, -0.2) is 0 Å². The number of para-hydroxylation sites is 5. The van der Waals surface area contributed by atoms with Crippen LogP contribution in [0.25, 0.3) is 0 Å². The predicted molar refractivity (Wildman–Crippen MR) is 146 cm³/mol. The number of allylic oxidation sites excluding steroid dienone is 3. The zero-order valence-corrected chi connectivity index (χ0v) is 19.5. The molecule has 0 atom stereocenters. The van der Waals surface area contributed by atoms with Gasteiger partial charge in [-0.05, 0) is 65.8 Å². The van der Waals surface area contributed by atoms with Crippen molar-refractivity contribution in [3.8, 4) is 11.5 Å². The minimum atomic E-state index is 0.0745. The van der Waals surface area contributed by atoms with Gasteiger partial charge in [0.25, 0.3) is 6.71 Å². The molecular formula is C31H23BN2O. The number of fused-ring (bicyclic) bond motifs is 6. The van der Waals surface area contributed by atoms with Crippen LogP contribution in [0.1, 0.15) is 6.92 Å². The molecule has 0 unspecified atom stereocenters. The number of ether oxygens (including phenoxy) is 1. The van der Waals surface area contributed by atoms with Crippen LogP contribution in [0.3, 0.4) is 0 Å². The van der Waals surface area contributed by atoms with Gasteiger partial charge in [0.15, 0.2) is 11.5 Å². The summed E-state index contributed by atoms with van der Waals surface area (Å²) in [7, 11) is 0. The van der Waals surface area contributed by atoms with E-state index >= 15 is 0 Å². The van der Waals surface area contributed by atoms with Crippen LogP contribution in [0.15, 0.2) is 133 Å². The first-order valence-electron chi connectivity index (χ1n) is 12.0. The average molecular weight is 450 g/mol. The van der Waals surface area contributed by atoms with Gasteiger partial charge in [-0.3, -0.25) is 0 Å². The first kappa shape index (κ1) is 20.0. The van der Waals surface area contributed by atoms with E-state index in [0.29, 0.717) is 0 Å². The summed E-state index contributed by atoms with van der Waals surface area (Å²) in [4.78, 5) is 4.72. The van der Waals surface area contributed by atoms with Gasteiger partial charge in [0.05, 0.1) is 11.4 Å². The molecule has 0 fully saturated rings. The lowest BCUT2D eigenvalue weighted by molar-refractivity contribution is 0.476. The molecule has 3 nitrogen and oxygen atoms in total. The third kappa shape index (κ3) is 2.68. The second-order valence-electron chi connectivity index (χ2n) is 8.94. The second kappa shape index (κ2) is 7.54. The molecule has 4 aromatic carbocycles. The third-order valence-corrected chi connectivity index (χ3v) is 7.18. The van der Waals surface area contributed by atoms with E-state index in [4.69, 9.17) is 4.74 Å². The van der Waals surface area contributed by atoms with Gasteiger partial charge >= 0.3 is 0 Å².